The van der Waals surface area contributed by atoms with Gasteiger partial charge in [-0.15, -0.1) is 0 Å². The lowest BCUT2D eigenvalue weighted by molar-refractivity contribution is 0.583. The molecular weight excluding hydrogens is 257 g/mol. The first-order chi connectivity index (χ1) is 8.47. The first-order valence-corrected chi connectivity index (χ1v) is 6.45. The Morgan fingerprint density at radius 2 is 1.78 bits per heavy atom. The molecule has 18 heavy (non-hydrogen) atoms. The summed E-state index contributed by atoms with van der Waals surface area (Å²) in [5, 5.41) is 0. The van der Waals surface area contributed by atoms with Gasteiger partial charge in [-0.1, -0.05) is 0 Å². The zero-order valence-corrected chi connectivity index (χ0v) is 9.99. The van der Waals surface area contributed by atoms with Crippen molar-refractivity contribution in [2.45, 2.75) is 4.90 Å². The highest BCUT2D eigenvalue weighted by molar-refractivity contribution is 7.92. The van der Waals surface area contributed by atoms with Gasteiger partial charge in [-0.3, -0.25) is 4.72 Å². The second-order valence-corrected chi connectivity index (χ2v) is 5.23. The number of rotatable bonds is 3. The van der Waals surface area contributed by atoms with E-state index in [1.165, 1.54) is 30.3 Å². The van der Waals surface area contributed by atoms with E-state index in [0.717, 1.165) is 12.3 Å². The second kappa shape index (κ2) is 4.61. The lowest BCUT2D eigenvalue weighted by atomic mass is 10.3. The summed E-state index contributed by atoms with van der Waals surface area (Å²) in [6.45, 7) is 0. The van der Waals surface area contributed by atoms with Gasteiger partial charge in [-0.2, -0.15) is 4.39 Å². The molecule has 7 heteroatoms. The van der Waals surface area contributed by atoms with Crippen molar-refractivity contribution in [1.29, 1.82) is 0 Å². The van der Waals surface area contributed by atoms with Crippen molar-refractivity contribution in [2.75, 3.05) is 10.5 Å². The van der Waals surface area contributed by atoms with Crippen LogP contribution >= 0.6 is 0 Å². The molecule has 2 rings (SSSR count). The molecule has 0 aliphatic carbocycles. The van der Waals surface area contributed by atoms with Crippen LogP contribution in [-0.4, -0.2) is 13.4 Å². The van der Waals surface area contributed by atoms with Crippen molar-refractivity contribution in [3.05, 3.63) is 48.5 Å². The van der Waals surface area contributed by atoms with Crippen molar-refractivity contribution >= 4 is 21.4 Å². The van der Waals surface area contributed by atoms with Gasteiger partial charge in [0.15, 0.2) is 0 Å². The van der Waals surface area contributed by atoms with Crippen LogP contribution in [0.1, 0.15) is 0 Å². The van der Waals surface area contributed by atoms with Crippen molar-refractivity contribution in [3.63, 3.8) is 0 Å². The van der Waals surface area contributed by atoms with E-state index < -0.39 is 16.0 Å². The number of hydrogen-bond acceptors (Lipinski definition) is 4. The van der Waals surface area contributed by atoms with Crippen LogP contribution < -0.4 is 10.5 Å². The van der Waals surface area contributed by atoms with Gasteiger partial charge >= 0.3 is 0 Å². The molecule has 0 unspecified atom stereocenters. The Morgan fingerprint density at radius 3 is 2.33 bits per heavy atom. The zero-order chi connectivity index (χ0) is 13.2. The van der Waals surface area contributed by atoms with Gasteiger partial charge in [0.2, 0.25) is 5.95 Å². The van der Waals surface area contributed by atoms with E-state index in [2.05, 4.69) is 9.71 Å². The van der Waals surface area contributed by atoms with Gasteiger partial charge in [0.25, 0.3) is 10.0 Å². The molecule has 0 amide bonds. The predicted octanol–water partition coefficient (Wildman–Crippen LogP) is 1.60. The SMILES string of the molecule is Nc1ccc(S(=O)(=O)Nc2ccc(F)nc2)cc1. The number of benzene rings is 1. The lowest BCUT2D eigenvalue weighted by Gasteiger charge is -2.07. The molecule has 1 aromatic carbocycles. The number of nitrogens with one attached hydrogen (secondary N) is 1. The molecule has 1 heterocycles. The fraction of sp³-hybridized carbons (Fsp3) is 0. The van der Waals surface area contributed by atoms with Crippen LogP contribution in [0, 0.1) is 5.95 Å². The predicted molar refractivity (Wildman–Crippen MR) is 65.9 cm³/mol. The Labute approximate surface area is 104 Å². The molecule has 94 valence electrons. The third-order valence-electron chi connectivity index (χ3n) is 2.17. The molecule has 2 aromatic rings. The third-order valence-corrected chi connectivity index (χ3v) is 3.57. The monoisotopic (exact) mass is 267 g/mol. The van der Waals surface area contributed by atoms with Gasteiger partial charge in [-0.05, 0) is 36.4 Å². The van der Waals surface area contributed by atoms with Crippen LogP contribution in [0.5, 0.6) is 0 Å². The summed E-state index contributed by atoms with van der Waals surface area (Å²) in [4.78, 5) is 3.43. The number of halogens is 1. The first-order valence-electron chi connectivity index (χ1n) is 4.97. The van der Waals surface area contributed by atoms with Crippen LogP contribution in [-0.2, 0) is 10.0 Å². The van der Waals surface area contributed by atoms with Gasteiger partial charge in [-0.25, -0.2) is 13.4 Å². The number of nitrogen functional groups attached to an aromatic ring is 1. The number of anilines is 2. The van der Waals surface area contributed by atoms with Crippen LogP contribution in [0.3, 0.4) is 0 Å². The molecule has 0 fully saturated rings. The Hall–Kier alpha value is -2.15. The Kier molecular flexibility index (Phi) is 3.15. The van der Waals surface area contributed by atoms with Crippen molar-refractivity contribution in [1.82, 2.24) is 4.98 Å². The first kappa shape index (κ1) is 12.3. The fourth-order valence-electron chi connectivity index (χ4n) is 1.30. The molecule has 0 saturated heterocycles. The molecule has 0 saturated carbocycles. The van der Waals surface area contributed by atoms with Crippen molar-refractivity contribution in [3.8, 4) is 0 Å². The molecule has 1 aromatic heterocycles. The topological polar surface area (TPSA) is 85.1 Å². The van der Waals surface area contributed by atoms with Crippen molar-refractivity contribution < 1.29 is 12.8 Å². The molecule has 0 aliphatic heterocycles. The number of nitrogens with two attached hydrogens (primary N) is 1. The Morgan fingerprint density at radius 1 is 1.11 bits per heavy atom. The van der Waals surface area contributed by atoms with Crippen molar-refractivity contribution in [2.24, 2.45) is 0 Å². The quantitative estimate of drug-likeness (QED) is 0.653. The maximum atomic E-state index is 12.6. The molecule has 0 bridgehead atoms. The lowest BCUT2D eigenvalue weighted by Crippen LogP contribution is -2.13. The van der Waals surface area contributed by atoms with Gasteiger partial charge in [0.05, 0.1) is 16.8 Å². The molecule has 3 N–H and O–H groups in total. The number of nitrogens with zero attached hydrogens (tertiary/aromatic N) is 1. The van der Waals surface area contributed by atoms with Gasteiger partial charge in [0.1, 0.15) is 0 Å². The molecule has 0 aliphatic rings. The summed E-state index contributed by atoms with van der Waals surface area (Å²) in [7, 11) is -3.71. The van der Waals surface area contributed by atoms with E-state index in [0.29, 0.717) is 5.69 Å². The zero-order valence-electron chi connectivity index (χ0n) is 9.17. The molecule has 0 radical (unpaired) electrons. The van der Waals surface area contributed by atoms with Gasteiger partial charge in [0, 0.05) is 5.69 Å². The summed E-state index contributed by atoms with van der Waals surface area (Å²) in [6, 6.07) is 8.09. The Balaban J connectivity index is 2.27. The summed E-state index contributed by atoms with van der Waals surface area (Å²) in [5.74, 6) is -0.676. The summed E-state index contributed by atoms with van der Waals surface area (Å²) >= 11 is 0. The number of aromatic nitrogens is 1. The van der Waals surface area contributed by atoms with E-state index in [1.54, 1.807) is 0 Å². The number of hydrogen-bond donors (Lipinski definition) is 2. The fourth-order valence-corrected chi connectivity index (χ4v) is 2.34. The molecular formula is C11H10FN3O2S. The van der Waals surface area contributed by atoms with Gasteiger partial charge < -0.3 is 5.73 Å². The largest absolute Gasteiger partial charge is 0.399 e. The standard InChI is InChI=1S/C11H10FN3O2S/c12-11-6-3-9(7-14-11)15-18(16,17)10-4-1-8(13)2-5-10/h1-7,15H,13H2. The normalized spacial score (nSPS) is 11.2. The van der Waals surface area contributed by atoms with E-state index >= 15 is 0 Å². The smallest absolute Gasteiger partial charge is 0.261 e. The number of pyridine rings is 1. The van der Waals surface area contributed by atoms with E-state index in [4.69, 9.17) is 5.73 Å². The molecule has 5 nitrogen and oxygen atoms in total. The maximum absolute atomic E-state index is 12.6. The average molecular weight is 267 g/mol. The van der Waals surface area contributed by atoms with Crippen LogP contribution in [0.2, 0.25) is 0 Å². The van der Waals surface area contributed by atoms with E-state index in [1.807, 2.05) is 0 Å². The summed E-state index contributed by atoms with van der Waals surface area (Å²) in [6.07, 6.45) is 1.10. The highest BCUT2D eigenvalue weighted by Gasteiger charge is 2.13. The summed E-state index contributed by atoms with van der Waals surface area (Å²) < 4.78 is 38.7. The Bertz CT molecular complexity index is 639. The van der Waals surface area contributed by atoms with Crippen LogP contribution in [0.15, 0.2) is 47.5 Å². The van der Waals surface area contributed by atoms with E-state index in [9.17, 15) is 12.8 Å². The minimum Gasteiger partial charge on any atom is -0.399 e. The highest BCUT2D eigenvalue weighted by atomic mass is 32.2. The minimum absolute atomic E-state index is 0.0704. The molecule has 0 spiro atoms. The average Bonchev–Trinajstić information content (AvgIpc) is 2.32. The number of sulfonamides is 1. The second-order valence-electron chi connectivity index (χ2n) is 3.54. The summed E-state index contributed by atoms with van der Waals surface area (Å²) in [5.41, 5.74) is 6.13. The van der Waals surface area contributed by atoms with E-state index in [-0.39, 0.29) is 10.6 Å². The highest BCUT2D eigenvalue weighted by Crippen LogP contribution is 2.16. The maximum Gasteiger partial charge on any atom is 0.261 e. The third kappa shape index (κ3) is 2.75. The minimum atomic E-state index is -3.71. The van der Waals surface area contributed by atoms with Crippen LogP contribution in [0.4, 0.5) is 15.8 Å². The van der Waals surface area contributed by atoms with Crippen LogP contribution in [0.25, 0.3) is 0 Å². The molecule has 0 atom stereocenters.